The molecule has 0 radical (unpaired) electrons. The molecule has 4 heteroatoms. The van der Waals surface area contributed by atoms with E-state index in [1.54, 1.807) is 18.4 Å². The number of hydrogen-bond donors (Lipinski definition) is 0. The molecule has 1 heterocycles. The van der Waals surface area contributed by atoms with Gasteiger partial charge in [-0.3, -0.25) is 4.90 Å². The van der Waals surface area contributed by atoms with Gasteiger partial charge in [-0.05, 0) is 48.5 Å². The van der Waals surface area contributed by atoms with Crippen molar-refractivity contribution in [3.63, 3.8) is 0 Å². The molecule has 3 rings (SSSR count). The first-order chi connectivity index (χ1) is 10.6. The maximum Gasteiger partial charge on any atom is 0.119 e. The van der Waals surface area contributed by atoms with Crippen molar-refractivity contribution >= 4 is 22.1 Å². The molecule has 0 bridgehead atoms. The third-order valence-corrected chi connectivity index (χ3v) is 4.56. The van der Waals surface area contributed by atoms with Crippen LogP contribution in [0.1, 0.15) is 15.4 Å². The maximum absolute atomic E-state index is 5.27. The van der Waals surface area contributed by atoms with Gasteiger partial charge in [-0.15, -0.1) is 11.3 Å². The Hall–Kier alpha value is -1.91. The molecule has 114 valence electrons. The van der Waals surface area contributed by atoms with Gasteiger partial charge < -0.3 is 4.74 Å². The summed E-state index contributed by atoms with van der Waals surface area (Å²) >= 11 is 1.77. The fourth-order valence-electron chi connectivity index (χ4n) is 2.61. The summed E-state index contributed by atoms with van der Waals surface area (Å²) in [7, 11) is 3.85. The monoisotopic (exact) mass is 312 g/mol. The Morgan fingerprint density at radius 2 is 1.86 bits per heavy atom. The lowest BCUT2D eigenvalue weighted by molar-refractivity contribution is 0.322. The van der Waals surface area contributed by atoms with Crippen LogP contribution in [0.25, 0.3) is 10.8 Å². The first-order valence-corrected chi connectivity index (χ1v) is 8.12. The molecule has 0 amide bonds. The Morgan fingerprint density at radius 3 is 2.59 bits per heavy atom. The second-order valence-corrected chi connectivity index (χ2v) is 6.88. The van der Waals surface area contributed by atoms with Crippen molar-refractivity contribution in [3.8, 4) is 5.75 Å². The van der Waals surface area contributed by atoms with Crippen LogP contribution in [0, 0.1) is 6.92 Å². The van der Waals surface area contributed by atoms with Crippen molar-refractivity contribution in [2.45, 2.75) is 20.0 Å². The molecule has 1 aromatic heterocycles. The Morgan fingerprint density at radius 1 is 1.09 bits per heavy atom. The van der Waals surface area contributed by atoms with Gasteiger partial charge in [-0.25, -0.2) is 4.98 Å². The van der Waals surface area contributed by atoms with Gasteiger partial charge in [0.15, 0.2) is 0 Å². The van der Waals surface area contributed by atoms with Crippen molar-refractivity contribution < 1.29 is 4.74 Å². The summed E-state index contributed by atoms with van der Waals surface area (Å²) in [5.41, 5.74) is 1.32. The second-order valence-electron chi connectivity index (χ2n) is 5.57. The normalized spacial score (nSPS) is 11.3. The average Bonchev–Trinajstić information content (AvgIpc) is 2.91. The number of thiazole rings is 1. The third kappa shape index (κ3) is 3.46. The minimum absolute atomic E-state index is 0.901. The number of fused-ring (bicyclic) bond motifs is 1. The van der Waals surface area contributed by atoms with E-state index in [9.17, 15) is 0 Å². The zero-order chi connectivity index (χ0) is 15.5. The predicted molar refractivity (Wildman–Crippen MR) is 92.5 cm³/mol. The highest BCUT2D eigenvalue weighted by molar-refractivity contribution is 7.11. The highest BCUT2D eigenvalue weighted by atomic mass is 32.1. The van der Waals surface area contributed by atoms with Crippen LogP contribution in [-0.4, -0.2) is 24.0 Å². The minimum atomic E-state index is 0.901. The molecule has 0 unspecified atom stereocenters. The van der Waals surface area contributed by atoms with E-state index in [0.717, 1.165) is 23.8 Å². The zero-order valence-corrected chi connectivity index (χ0v) is 14.0. The third-order valence-electron chi connectivity index (χ3n) is 3.66. The molecule has 22 heavy (non-hydrogen) atoms. The van der Waals surface area contributed by atoms with Crippen LogP contribution in [-0.2, 0) is 13.1 Å². The fourth-order valence-corrected chi connectivity index (χ4v) is 3.49. The van der Waals surface area contributed by atoms with Crippen molar-refractivity contribution in [2.24, 2.45) is 0 Å². The highest BCUT2D eigenvalue weighted by Gasteiger charge is 2.05. The number of aromatic nitrogens is 1. The van der Waals surface area contributed by atoms with Crippen molar-refractivity contribution in [2.75, 3.05) is 14.2 Å². The van der Waals surface area contributed by atoms with Gasteiger partial charge in [0.25, 0.3) is 0 Å². The summed E-state index contributed by atoms with van der Waals surface area (Å²) in [6, 6.07) is 12.8. The van der Waals surface area contributed by atoms with E-state index in [1.807, 2.05) is 19.2 Å². The number of ether oxygens (including phenoxy) is 1. The Labute approximate surface area is 135 Å². The minimum Gasteiger partial charge on any atom is -0.497 e. The molecule has 2 aromatic carbocycles. The van der Waals surface area contributed by atoms with Crippen molar-refractivity contribution in [1.82, 2.24) is 9.88 Å². The zero-order valence-electron chi connectivity index (χ0n) is 13.2. The molecule has 0 aliphatic rings. The second kappa shape index (κ2) is 6.46. The molecule has 0 atom stereocenters. The number of methoxy groups -OCH3 is 1. The van der Waals surface area contributed by atoms with E-state index in [4.69, 9.17) is 4.74 Å². The molecule has 0 aliphatic heterocycles. The summed E-state index contributed by atoms with van der Waals surface area (Å²) in [5.74, 6) is 0.901. The van der Waals surface area contributed by atoms with Gasteiger partial charge in [-0.1, -0.05) is 18.2 Å². The van der Waals surface area contributed by atoms with Gasteiger partial charge in [0, 0.05) is 24.2 Å². The van der Waals surface area contributed by atoms with Gasteiger partial charge >= 0.3 is 0 Å². The fraction of sp³-hybridized carbons (Fsp3) is 0.278. The average molecular weight is 312 g/mol. The number of rotatable bonds is 5. The Balaban J connectivity index is 1.73. The smallest absolute Gasteiger partial charge is 0.119 e. The predicted octanol–water partition coefficient (Wildman–Crippen LogP) is 4.25. The molecule has 0 spiro atoms. The molecule has 0 saturated heterocycles. The van der Waals surface area contributed by atoms with Gasteiger partial charge in [0.05, 0.1) is 12.1 Å². The van der Waals surface area contributed by atoms with Crippen molar-refractivity contribution in [1.29, 1.82) is 0 Å². The van der Waals surface area contributed by atoms with Crippen LogP contribution in [0.4, 0.5) is 0 Å². The van der Waals surface area contributed by atoms with Crippen LogP contribution in [0.15, 0.2) is 42.6 Å². The van der Waals surface area contributed by atoms with Crippen LogP contribution in [0.3, 0.4) is 0 Å². The van der Waals surface area contributed by atoms with Crippen LogP contribution in [0.5, 0.6) is 5.75 Å². The van der Waals surface area contributed by atoms with Crippen LogP contribution in [0.2, 0.25) is 0 Å². The Bertz CT molecular complexity index is 782. The van der Waals surface area contributed by atoms with Crippen LogP contribution >= 0.6 is 11.3 Å². The maximum atomic E-state index is 5.27. The van der Waals surface area contributed by atoms with Gasteiger partial charge in [0.2, 0.25) is 0 Å². The Kier molecular flexibility index (Phi) is 4.41. The van der Waals surface area contributed by atoms with E-state index in [0.29, 0.717) is 0 Å². The van der Waals surface area contributed by atoms with Crippen molar-refractivity contribution in [3.05, 3.63) is 58.0 Å². The lowest BCUT2D eigenvalue weighted by Crippen LogP contribution is -2.16. The summed E-state index contributed by atoms with van der Waals surface area (Å²) in [6.45, 7) is 3.91. The van der Waals surface area contributed by atoms with E-state index in [2.05, 4.69) is 47.3 Å². The lowest BCUT2D eigenvalue weighted by Gasteiger charge is -2.16. The molecule has 0 fully saturated rings. The van der Waals surface area contributed by atoms with Crippen LogP contribution < -0.4 is 4.74 Å². The van der Waals surface area contributed by atoms with E-state index >= 15 is 0 Å². The molecule has 0 N–H and O–H groups in total. The van der Waals surface area contributed by atoms with E-state index in [1.165, 1.54) is 21.2 Å². The summed E-state index contributed by atoms with van der Waals surface area (Å²) in [5, 5.41) is 3.59. The largest absolute Gasteiger partial charge is 0.497 e. The first-order valence-electron chi connectivity index (χ1n) is 7.30. The molecular formula is C18H20N2OS. The summed E-state index contributed by atoms with van der Waals surface area (Å²) < 4.78 is 5.27. The topological polar surface area (TPSA) is 25.4 Å². The summed E-state index contributed by atoms with van der Waals surface area (Å²) in [4.78, 5) is 7.94. The molecular weight excluding hydrogens is 292 g/mol. The van der Waals surface area contributed by atoms with Gasteiger partial charge in [0.1, 0.15) is 5.75 Å². The number of benzene rings is 2. The number of aryl methyl sites for hydroxylation is 1. The standard InChI is InChI=1S/C18H20N2OS/c1-13-19-10-18(22-13)12-20(2)11-14-4-5-16-9-17(21-3)7-6-15(16)8-14/h4-10H,11-12H2,1-3H3. The summed E-state index contributed by atoms with van der Waals surface area (Å²) in [6.07, 6.45) is 1.98. The highest BCUT2D eigenvalue weighted by Crippen LogP contribution is 2.23. The van der Waals surface area contributed by atoms with E-state index in [-0.39, 0.29) is 0 Å². The molecule has 3 nitrogen and oxygen atoms in total. The SMILES string of the molecule is COc1ccc2cc(CN(C)Cc3cnc(C)s3)ccc2c1. The molecule has 0 aliphatic carbocycles. The number of nitrogens with zero attached hydrogens (tertiary/aromatic N) is 2. The number of hydrogen-bond acceptors (Lipinski definition) is 4. The lowest BCUT2D eigenvalue weighted by atomic mass is 10.1. The first kappa shape index (κ1) is 15.0. The quantitative estimate of drug-likeness (QED) is 0.704. The van der Waals surface area contributed by atoms with Gasteiger partial charge in [-0.2, -0.15) is 0 Å². The molecule has 3 aromatic rings. The molecule has 0 saturated carbocycles. The van der Waals surface area contributed by atoms with E-state index < -0.39 is 0 Å².